The molecular weight excluding hydrogens is 178 g/mol. The summed E-state index contributed by atoms with van der Waals surface area (Å²) < 4.78 is 0. The van der Waals surface area contributed by atoms with Crippen molar-refractivity contribution in [3.63, 3.8) is 0 Å². The minimum absolute atomic E-state index is 0.0979. The molecule has 1 aliphatic carbocycles. The maximum Gasteiger partial charge on any atom is 0.180 e. The summed E-state index contributed by atoms with van der Waals surface area (Å²) >= 11 is 0. The topological polar surface area (TPSA) is 80.5 Å². The van der Waals surface area contributed by atoms with Crippen molar-refractivity contribution in [3.8, 4) is 0 Å². The van der Waals surface area contributed by atoms with Crippen LogP contribution in [0.2, 0.25) is 0 Å². The van der Waals surface area contributed by atoms with Crippen molar-refractivity contribution in [2.75, 3.05) is 6.54 Å². The summed E-state index contributed by atoms with van der Waals surface area (Å²) in [6.07, 6.45) is 5.49. The molecule has 1 fully saturated rings. The summed E-state index contributed by atoms with van der Waals surface area (Å²) in [6.45, 7) is 0.653. The minimum atomic E-state index is 0.0979. The Kier molecular flexibility index (Phi) is 1.41. The fourth-order valence-corrected chi connectivity index (χ4v) is 1.70. The number of hydrogen-bond donors (Lipinski definition) is 2. The van der Waals surface area contributed by atoms with Gasteiger partial charge in [-0.05, 0) is 12.8 Å². The Bertz CT molecular complexity index is 438. The number of nitrogens with one attached hydrogen (secondary N) is 1. The van der Waals surface area contributed by atoms with Gasteiger partial charge >= 0.3 is 0 Å². The van der Waals surface area contributed by atoms with E-state index in [-0.39, 0.29) is 5.41 Å². The van der Waals surface area contributed by atoms with E-state index in [9.17, 15) is 0 Å². The molecule has 0 atom stereocenters. The normalized spacial score (nSPS) is 18.6. The Morgan fingerprint density at radius 1 is 1.50 bits per heavy atom. The van der Waals surface area contributed by atoms with Crippen molar-refractivity contribution in [1.29, 1.82) is 0 Å². The lowest BCUT2D eigenvalue weighted by Gasteiger charge is -2.06. The number of fused-ring (bicyclic) bond motifs is 1. The highest BCUT2D eigenvalue weighted by Gasteiger charge is 2.45. The van der Waals surface area contributed by atoms with Gasteiger partial charge in [-0.1, -0.05) is 0 Å². The highest BCUT2D eigenvalue weighted by Crippen LogP contribution is 2.45. The second kappa shape index (κ2) is 2.51. The molecule has 0 spiro atoms. The highest BCUT2D eigenvalue weighted by molar-refractivity contribution is 5.69. The van der Waals surface area contributed by atoms with Gasteiger partial charge in [-0.2, -0.15) is 0 Å². The van der Waals surface area contributed by atoms with Gasteiger partial charge in [0, 0.05) is 12.0 Å². The van der Waals surface area contributed by atoms with Crippen molar-refractivity contribution in [2.45, 2.75) is 18.3 Å². The molecule has 0 bridgehead atoms. The van der Waals surface area contributed by atoms with Crippen LogP contribution in [0.25, 0.3) is 11.2 Å². The van der Waals surface area contributed by atoms with E-state index in [0.29, 0.717) is 6.54 Å². The van der Waals surface area contributed by atoms with Crippen LogP contribution in [-0.4, -0.2) is 26.5 Å². The molecule has 2 heterocycles. The third kappa shape index (κ3) is 0.957. The van der Waals surface area contributed by atoms with E-state index in [1.165, 1.54) is 6.33 Å². The van der Waals surface area contributed by atoms with Gasteiger partial charge in [0.1, 0.15) is 17.7 Å². The maximum absolute atomic E-state index is 5.73. The molecule has 3 N–H and O–H groups in total. The first-order valence-corrected chi connectivity index (χ1v) is 4.70. The van der Waals surface area contributed by atoms with Crippen molar-refractivity contribution >= 4 is 11.2 Å². The number of imidazole rings is 1. The molecule has 0 amide bonds. The van der Waals surface area contributed by atoms with Crippen LogP contribution in [0, 0.1) is 0 Å². The Balaban J connectivity index is 2.15. The molecule has 0 saturated heterocycles. The van der Waals surface area contributed by atoms with Gasteiger partial charge in [-0.15, -0.1) is 0 Å². The Morgan fingerprint density at radius 3 is 3.00 bits per heavy atom. The SMILES string of the molecule is NCC1(c2nc3ncncc3[nH]2)CC1. The van der Waals surface area contributed by atoms with Gasteiger partial charge < -0.3 is 10.7 Å². The molecule has 0 unspecified atom stereocenters. The van der Waals surface area contributed by atoms with Crippen LogP contribution in [0.4, 0.5) is 0 Å². The number of aromatic nitrogens is 4. The number of nitrogens with zero attached hydrogens (tertiary/aromatic N) is 3. The summed E-state index contributed by atoms with van der Waals surface area (Å²) in [7, 11) is 0. The molecule has 2 aromatic rings. The van der Waals surface area contributed by atoms with Crippen molar-refractivity contribution in [3.05, 3.63) is 18.3 Å². The second-order valence-electron chi connectivity index (χ2n) is 3.83. The Labute approximate surface area is 80.8 Å². The quantitative estimate of drug-likeness (QED) is 0.714. The zero-order chi connectivity index (χ0) is 9.60. The van der Waals surface area contributed by atoms with E-state index in [1.807, 2.05) is 0 Å². The molecule has 3 rings (SSSR count). The van der Waals surface area contributed by atoms with Crippen molar-refractivity contribution in [2.24, 2.45) is 5.73 Å². The lowest BCUT2D eigenvalue weighted by molar-refractivity contribution is 0.661. The number of hydrogen-bond acceptors (Lipinski definition) is 4. The average molecular weight is 189 g/mol. The molecule has 1 saturated carbocycles. The molecule has 1 aliphatic rings. The molecule has 5 heteroatoms. The van der Waals surface area contributed by atoms with Crippen LogP contribution in [0.1, 0.15) is 18.7 Å². The van der Waals surface area contributed by atoms with Crippen LogP contribution < -0.4 is 5.73 Å². The predicted octanol–water partition coefficient (Wildman–Crippen LogP) is 0.343. The zero-order valence-corrected chi connectivity index (χ0v) is 7.70. The van der Waals surface area contributed by atoms with Gasteiger partial charge in [-0.3, -0.25) is 0 Å². The number of rotatable bonds is 2. The first-order valence-electron chi connectivity index (χ1n) is 4.70. The van der Waals surface area contributed by atoms with Crippen molar-refractivity contribution < 1.29 is 0 Å². The summed E-state index contributed by atoms with van der Waals surface area (Å²) in [5.41, 5.74) is 7.45. The highest BCUT2D eigenvalue weighted by atomic mass is 15.0. The largest absolute Gasteiger partial charge is 0.339 e. The third-order valence-corrected chi connectivity index (χ3v) is 2.91. The minimum Gasteiger partial charge on any atom is -0.339 e. The Morgan fingerprint density at radius 2 is 2.36 bits per heavy atom. The Hall–Kier alpha value is -1.49. The van der Waals surface area contributed by atoms with Gasteiger partial charge in [0.2, 0.25) is 0 Å². The van der Waals surface area contributed by atoms with Crippen LogP contribution in [0.15, 0.2) is 12.5 Å². The van der Waals surface area contributed by atoms with Gasteiger partial charge in [0.15, 0.2) is 5.65 Å². The monoisotopic (exact) mass is 189 g/mol. The van der Waals surface area contributed by atoms with Crippen molar-refractivity contribution in [1.82, 2.24) is 19.9 Å². The van der Waals surface area contributed by atoms with Gasteiger partial charge in [0.25, 0.3) is 0 Å². The second-order valence-corrected chi connectivity index (χ2v) is 3.83. The fraction of sp³-hybridized carbons (Fsp3) is 0.444. The van der Waals surface area contributed by atoms with Gasteiger partial charge in [-0.25, -0.2) is 15.0 Å². The molecule has 5 nitrogen and oxygen atoms in total. The van der Waals surface area contributed by atoms with E-state index in [1.54, 1.807) is 6.20 Å². The molecule has 14 heavy (non-hydrogen) atoms. The first-order chi connectivity index (χ1) is 6.84. The lowest BCUT2D eigenvalue weighted by atomic mass is 10.1. The molecule has 0 radical (unpaired) electrons. The molecule has 0 aliphatic heterocycles. The van der Waals surface area contributed by atoms with Crippen LogP contribution in [0.5, 0.6) is 0 Å². The maximum atomic E-state index is 5.73. The number of aromatic amines is 1. The zero-order valence-electron chi connectivity index (χ0n) is 7.70. The van der Waals surface area contributed by atoms with E-state index in [0.717, 1.165) is 29.8 Å². The number of nitrogens with two attached hydrogens (primary N) is 1. The fourth-order valence-electron chi connectivity index (χ4n) is 1.70. The summed E-state index contributed by atoms with van der Waals surface area (Å²) in [6, 6.07) is 0. The molecule has 2 aromatic heterocycles. The van der Waals surface area contributed by atoms with E-state index < -0.39 is 0 Å². The predicted molar refractivity (Wildman–Crippen MR) is 51.7 cm³/mol. The molecular formula is C9H11N5. The van der Waals surface area contributed by atoms with E-state index in [4.69, 9.17) is 5.73 Å². The third-order valence-electron chi connectivity index (χ3n) is 2.91. The van der Waals surface area contributed by atoms with Crippen LogP contribution in [-0.2, 0) is 5.41 Å². The molecule has 72 valence electrons. The standard InChI is InChI=1S/C9H11N5/c10-4-9(1-2-9)8-13-6-3-11-5-12-7(6)14-8/h3,5H,1-2,4,10H2,(H,11,12,13,14). The molecule has 0 aromatic carbocycles. The smallest absolute Gasteiger partial charge is 0.180 e. The van der Waals surface area contributed by atoms with E-state index in [2.05, 4.69) is 19.9 Å². The van der Waals surface area contributed by atoms with Gasteiger partial charge in [0.05, 0.1) is 6.20 Å². The first kappa shape index (κ1) is 7.87. The number of H-pyrrole nitrogens is 1. The van der Waals surface area contributed by atoms with Crippen LogP contribution >= 0.6 is 0 Å². The summed E-state index contributed by atoms with van der Waals surface area (Å²) in [5.74, 6) is 0.968. The summed E-state index contributed by atoms with van der Waals surface area (Å²) in [5, 5.41) is 0. The lowest BCUT2D eigenvalue weighted by Crippen LogP contribution is -2.21. The summed E-state index contributed by atoms with van der Waals surface area (Å²) in [4.78, 5) is 15.7. The average Bonchev–Trinajstić information content (AvgIpc) is 2.91. The van der Waals surface area contributed by atoms with E-state index >= 15 is 0 Å². The van der Waals surface area contributed by atoms with Crippen LogP contribution in [0.3, 0.4) is 0 Å².